The number of benzene rings is 1. The molecular weight excluding hydrogens is 256 g/mol. The van der Waals surface area contributed by atoms with E-state index >= 15 is 0 Å². The van der Waals surface area contributed by atoms with E-state index in [9.17, 15) is 0 Å². The molecule has 2 rings (SSSR count). The minimum Gasteiger partial charge on any atom is -0.314 e. The highest BCUT2D eigenvalue weighted by Crippen LogP contribution is 2.30. The van der Waals surface area contributed by atoms with Gasteiger partial charge in [-0.25, -0.2) is 0 Å². The molecule has 1 aromatic rings. The lowest BCUT2D eigenvalue weighted by molar-refractivity contribution is 0.286. The van der Waals surface area contributed by atoms with E-state index in [-0.39, 0.29) is 0 Å². The van der Waals surface area contributed by atoms with Gasteiger partial charge in [-0.3, -0.25) is 4.90 Å². The van der Waals surface area contributed by atoms with Crippen LogP contribution in [0.1, 0.15) is 37.8 Å². The van der Waals surface area contributed by atoms with Crippen LogP contribution in [0.4, 0.5) is 0 Å². The zero-order valence-electron chi connectivity index (χ0n) is 13.4. The van der Waals surface area contributed by atoms with Gasteiger partial charge in [0, 0.05) is 19.1 Å². The van der Waals surface area contributed by atoms with Crippen LogP contribution in [0.25, 0.3) is 0 Å². The van der Waals surface area contributed by atoms with Crippen LogP contribution in [0.15, 0.2) is 24.3 Å². The second-order valence-corrected chi connectivity index (χ2v) is 6.49. The lowest BCUT2D eigenvalue weighted by Crippen LogP contribution is -2.26. The molecule has 0 radical (unpaired) electrons. The van der Waals surface area contributed by atoms with Crippen molar-refractivity contribution in [2.75, 3.05) is 19.6 Å². The zero-order valence-corrected chi connectivity index (χ0v) is 13.4. The zero-order chi connectivity index (χ0) is 15.1. The van der Waals surface area contributed by atoms with Crippen molar-refractivity contribution in [2.45, 2.75) is 45.7 Å². The first-order chi connectivity index (χ1) is 10.2. The average Bonchev–Trinajstić information content (AvgIpc) is 3.24. The molecule has 1 aliphatic carbocycles. The van der Waals surface area contributed by atoms with Gasteiger partial charge in [0.1, 0.15) is 0 Å². The fourth-order valence-corrected chi connectivity index (χ4v) is 2.55. The van der Waals surface area contributed by atoms with Crippen LogP contribution in [0.2, 0.25) is 0 Å². The predicted molar refractivity (Wildman–Crippen MR) is 90.1 cm³/mol. The molecule has 0 saturated heterocycles. The van der Waals surface area contributed by atoms with Crippen molar-refractivity contribution in [2.24, 2.45) is 5.92 Å². The van der Waals surface area contributed by atoms with Crippen molar-refractivity contribution in [3.63, 3.8) is 0 Å². The van der Waals surface area contributed by atoms with Gasteiger partial charge in [0.25, 0.3) is 0 Å². The first-order valence-electron chi connectivity index (χ1n) is 8.14. The molecule has 1 aliphatic rings. The summed E-state index contributed by atoms with van der Waals surface area (Å²) in [6.45, 7) is 8.31. The Morgan fingerprint density at radius 3 is 2.48 bits per heavy atom. The summed E-state index contributed by atoms with van der Waals surface area (Å²) in [5, 5.41) is 3.46. The van der Waals surface area contributed by atoms with Crippen LogP contribution in [0.5, 0.6) is 0 Å². The third kappa shape index (κ3) is 6.33. The maximum absolute atomic E-state index is 5.48. The van der Waals surface area contributed by atoms with E-state index in [4.69, 9.17) is 6.42 Å². The summed E-state index contributed by atoms with van der Waals surface area (Å²) < 4.78 is 0. The molecule has 0 unspecified atom stereocenters. The molecule has 0 spiro atoms. The number of terminal acetylenes is 1. The van der Waals surface area contributed by atoms with Gasteiger partial charge in [0.2, 0.25) is 0 Å². The lowest BCUT2D eigenvalue weighted by atomic mass is 10.1. The summed E-state index contributed by atoms with van der Waals surface area (Å²) in [5.41, 5.74) is 2.77. The second-order valence-electron chi connectivity index (χ2n) is 6.49. The van der Waals surface area contributed by atoms with Crippen LogP contribution in [-0.4, -0.2) is 30.6 Å². The van der Waals surface area contributed by atoms with Gasteiger partial charge in [-0.2, -0.15) is 0 Å². The quantitative estimate of drug-likeness (QED) is 0.701. The number of nitrogens with one attached hydrogen (secondary N) is 1. The van der Waals surface area contributed by atoms with Crippen LogP contribution in [0.3, 0.4) is 0 Å². The Kier molecular flexibility index (Phi) is 6.29. The van der Waals surface area contributed by atoms with Crippen molar-refractivity contribution in [1.82, 2.24) is 10.2 Å². The topological polar surface area (TPSA) is 15.3 Å². The molecule has 0 aromatic heterocycles. The molecule has 0 heterocycles. The van der Waals surface area contributed by atoms with Crippen LogP contribution < -0.4 is 5.32 Å². The Hall–Kier alpha value is -1.30. The Bertz CT molecular complexity index is 451. The van der Waals surface area contributed by atoms with Crippen molar-refractivity contribution in [1.29, 1.82) is 0 Å². The fourth-order valence-electron chi connectivity index (χ4n) is 2.55. The fraction of sp³-hybridized carbons (Fsp3) is 0.579. The molecule has 2 heteroatoms. The van der Waals surface area contributed by atoms with Crippen molar-refractivity contribution >= 4 is 0 Å². The van der Waals surface area contributed by atoms with E-state index in [1.54, 1.807) is 0 Å². The number of rotatable bonds is 9. The molecule has 0 bridgehead atoms. The largest absolute Gasteiger partial charge is 0.314 e. The van der Waals surface area contributed by atoms with Gasteiger partial charge in [0.15, 0.2) is 0 Å². The number of nitrogens with zero attached hydrogens (tertiary/aromatic N) is 1. The van der Waals surface area contributed by atoms with Crippen LogP contribution >= 0.6 is 0 Å². The molecule has 114 valence electrons. The predicted octanol–water partition coefficient (Wildman–Crippen LogP) is 3.07. The molecule has 1 aromatic carbocycles. The molecule has 0 amide bonds. The normalized spacial score (nSPS) is 14.6. The summed E-state index contributed by atoms with van der Waals surface area (Å²) in [4.78, 5) is 2.40. The Labute approximate surface area is 129 Å². The van der Waals surface area contributed by atoms with Gasteiger partial charge in [-0.1, -0.05) is 44.0 Å². The molecule has 0 atom stereocenters. The summed E-state index contributed by atoms with van der Waals surface area (Å²) in [6, 6.07) is 9.57. The highest BCUT2D eigenvalue weighted by molar-refractivity contribution is 5.23. The average molecular weight is 284 g/mol. The maximum atomic E-state index is 5.48. The van der Waals surface area contributed by atoms with E-state index in [0.29, 0.717) is 6.04 Å². The molecule has 0 aliphatic heterocycles. The summed E-state index contributed by atoms with van der Waals surface area (Å²) in [7, 11) is 0. The highest BCUT2D eigenvalue weighted by atomic mass is 15.1. The van der Waals surface area contributed by atoms with Gasteiger partial charge >= 0.3 is 0 Å². The minimum absolute atomic E-state index is 0.559. The Morgan fingerprint density at radius 1 is 1.24 bits per heavy atom. The molecule has 21 heavy (non-hydrogen) atoms. The van der Waals surface area contributed by atoms with Gasteiger partial charge in [-0.05, 0) is 42.9 Å². The SMILES string of the molecule is C#CCN(Cc1ccc(CCNC(C)C)cc1)CC1CC1. The van der Waals surface area contributed by atoms with Crippen LogP contribution in [0, 0.1) is 18.3 Å². The van der Waals surface area contributed by atoms with Gasteiger partial charge in [0.05, 0.1) is 6.54 Å². The summed E-state index contributed by atoms with van der Waals surface area (Å²) in [5.74, 6) is 3.68. The van der Waals surface area contributed by atoms with Gasteiger partial charge in [-0.15, -0.1) is 6.42 Å². The highest BCUT2D eigenvalue weighted by Gasteiger charge is 2.23. The summed E-state index contributed by atoms with van der Waals surface area (Å²) in [6.07, 6.45) is 9.33. The van der Waals surface area contributed by atoms with E-state index in [1.165, 1.54) is 24.0 Å². The summed E-state index contributed by atoms with van der Waals surface area (Å²) >= 11 is 0. The standard InChI is InChI=1S/C19H28N2/c1-4-13-21(15-19-9-10-19)14-18-7-5-17(6-8-18)11-12-20-16(2)3/h1,5-8,16,19-20H,9-15H2,2-3H3. The molecule has 1 fully saturated rings. The van der Waals surface area contributed by atoms with Crippen molar-refractivity contribution in [3.8, 4) is 12.3 Å². The first-order valence-corrected chi connectivity index (χ1v) is 8.14. The molecular formula is C19H28N2. The smallest absolute Gasteiger partial charge is 0.0601 e. The Balaban J connectivity index is 1.81. The Morgan fingerprint density at radius 2 is 1.90 bits per heavy atom. The third-order valence-corrected chi connectivity index (χ3v) is 3.92. The van der Waals surface area contributed by atoms with E-state index in [1.807, 2.05) is 0 Å². The first kappa shape index (κ1) is 16.1. The molecule has 1 N–H and O–H groups in total. The monoisotopic (exact) mass is 284 g/mol. The van der Waals surface area contributed by atoms with Crippen molar-refractivity contribution < 1.29 is 0 Å². The van der Waals surface area contributed by atoms with E-state index < -0.39 is 0 Å². The molecule has 1 saturated carbocycles. The second kappa shape index (κ2) is 8.22. The van der Waals surface area contributed by atoms with E-state index in [2.05, 4.69) is 54.3 Å². The lowest BCUT2D eigenvalue weighted by Gasteiger charge is -2.19. The number of hydrogen-bond acceptors (Lipinski definition) is 2. The van der Waals surface area contributed by atoms with Crippen LogP contribution in [-0.2, 0) is 13.0 Å². The maximum Gasteiger partial charge on any atom is 0.0601 e. The molecule has 2 nitrogen and oxygen atoms in total. The third-order valence-electron chi connectivity index (χ3n) is 3.92. The number of hydrogen-bond donors (Lipinski definition) is 1. The van der Waals surface area contributed by atoms with Crippen molar-refractivity contribution in [3.05, 3.63) is 35.4 Å². The van der Waals surface area contributed by atoms with E-state index in [0.717, 1.165) is 38.5 Å². The van der Waals surface area contributed by atoms with Gasteiger partial charge < -0.3 is 5.32 Å². The minimum atomic E-state index is 0.559.